The molecular weight excluding hydrogens is 393 g/mol. The number of carbonyl (C=O) groups excluding carboxylic acids is 1. The third-order valence-electron chi connectivity index (χ3n) is 4.95. The number of hydrazine groups is 1. The quantitative estimate of drug-likeness (QED) is 0.709. The number of amides is 1. The maximum atomic E-state index is 13.8. The molecule has 1 fully saturated rings. The van der Waals surface area contributed by atoms with Crippen LogP contribution in [0, 0.1) is 18.7 Å². The summed E-state index contributed by atoms with van der Waals surface area (Å²) in [7, 11) is -3.66. The zero-order valence-corrected chi connectivity index (χ0v) is 17.0. The lowest BCUT2D eigenvalue weighted by Gasteiger charge is -2.31. The average Bonchev–Trinajstić information content (AvgIpc) is 2.72. The summed E-state index contributed by atoms with van der Waals surface area (Å²) >= 11 is 0. The van der Waals surface area contributed by atoms with Crippen molar-refractivity contribution >= 4 is 21.6 Å². The van der Waals surface area contributed by atoms with Gasteiger partial charge in [-0.25, -0.2) is 12.8 Å². The van der Waals surface area contributed by atoms with Crippen LogP contribution in [-0.2, 0) is 14.8 Å². The van der Waals surface area contributed by atoms with Crippen LogP contribution < -0.4 is 10.9 Å². The van der Waals surface area contributed by atoms with E-state index in [9.17, 15) is 17.6 Å². The normalized spacial score (nSPS) is 17.5. The van der Waals surface area contributed by atoms with E-state index in [1.54, 1.807) is 42.5 Å². The first-order valence-electron chi connectivity index (χ1n) is 9.35. The molecule has 154 valence electrons. The largest absolute Gasteiger partial charge is 0.298 e. The van der Waals surface area contributed by atoms with Gasteiger partial charge < -0.3 is 0 Å². The number of sulfonamides is 1. The van der Waals surface area contributed by atoms with E-state index in [-0.39, 0.29) is 28.6 Å². The fourth-order valence-corrected chi connectivity index (χ4v) is 4.77. The third kappa shape index (κ3) is 4.83. The van der Waals surface area contributed by atoms with Gasteiger partial charge in [-0.05, 0) is 44.0 Å². The van der Waals surface area contributed by atoms with Gasteiger partial charge in [-0.3, -0.25) is 15.6 Å². The summed E-state index contributed by atoms with van der Waals surface area (Å²) in [4.78, 5) is 12.8. The number of hydrogen-bond donors (Lipinski definition) is 2. The molecule has 1 heterocycles. The Labute approximate surface area is 170 Å². The predicted octanol–water partition coefficient (Wildman–Crippen LogP) is 2.83. The number of benzene rings is 2. The van der Waals surface area contributed by atoms with Crippen molar-refractivity contribution < 1.29 is 17.6 Å². The highest BCUT2D eigenvalue weighted by Crippen LogP contribution is 2.24. The molecule has 8 heteroatoms. The summed E-state index contributed by atoms with van der Waals surface area (Å²) in [6.45, 7) is 6.08. The minimum absolute atomic E-state index is 0.0932. The Kier molecular flexibility index (Phi) is 6.34. The van der Waals surface area contributed by atoms with Crippen LogP contribution in [0.1, 0.15) is 24.0 Å². The van der Waals surface area contributed by atoms with Gasteiger partial charge in [0.25, 0.3) is 0 Å². The molecule has 1 amide bonds. The third-order valence-corrected chi connectivity index (χ3v) is 6.83. The van der Waals surface area contributed by atoms with E-state index in [2.05, 4.69) is 17.4 Å². The maximum absolute atomic E-state index is 13.8. The number of carbonyl (C=O) groups is 1. The summed E-state index contributed by atoms with van der Waals surface area (Å²) in [5, 5.41) is 0. The van der Waals surface area contributed by atoms with Gasteiger partial charge in [-0.2, -0.15) is 4.31 Å². The number of rotatable bonds is 6. The Morgan fingerprint density at radius 1 is 1.14 bits per heavy atom. The van der Waals surface area contributed by atoms with Crippen molar-refractivity contribution in [3.63, 3.8) is 0 Å². The summed E-state index contributed by atoms with van der Waals surface area (Å²) < 4.78 is 40.9. The van der Waals surface area contributed by atoms with E-state index in [4.69, 9.17) is 0 Å². The number of hydrogen-bond acceptors (Lipinski definition) is 4. The minimum atomic E-state index is -3.66. The van der Waals surface area contributed by atoms with E-state index in [0.717, 1.165) is 5.56 Å². The lowest BCUT2D eigenvalue weighted by Crippen LogP contribution is -2.48. The second-order valence-electron chi connectivity index (χ2n) is 7.09. The van der Waals surface area contributed by atoms with E-state index < -0.39 is 21.8 Å². The molecule has 1 atom stereocenters. The molecule has 0 radical (unpaired) electrons. The van der Waals surface area contributed by atoms with Crippen LogP contribution in [-0.4, -0.2) is 31.7 Å². The highest BCUT2D eigenvalue weighted by atomic mass is 32.2. The van der Waals surface area contributed by atoms with E-state index >= 15 is 0 Å². The van der Waals surface area contributed by atoms with Gasteiger partial charge in [-0.1, -0.05) is 36.4 Å². The molecule has 1 aliphatic heterocycles. The van der Waals surface area contributed by atoms with Gasteiger partial charge in [0.1, 0.15) is 5.82 Å². The standard InChI is InChI=1S/C21H24FN3O3S/c1-15-9-11-18(12-10-15)29(27,28)25-13-5-6-17(14-25)21(26)24-23-16(2)19-7-3-4-8-20(19)22/h3-4,7-12,17,23H,2,5-6,13-14H2,1H3,(H,24,26)/t17-/m0/s1. The SMILES string of the molecule is C=C(NNC(=O)[C@H]1CCCN(S(=O)(=O)c2ccc(C)cc2)C1)c1ccccc1F. The second kappa shape index (κ2) is 8.75. The molecule has 2 N–H and O–H groups in total. The lowest BCUT2D eigenvalue weighted by molar-refractivity contribution is -0.126. The Morgan fingerprint density at radius 3 is 2.52 bits per heavy atom. The van der Waals surface area contributed by atoms with Crippen LogP contribution in [0.25, 0.3) is 5.70 Å². The van der Waals surface area contributed by atoms with Gasteiger partial charge in [0, 0.05) is 18.7 Å². The molecule has 29 heavy (non-hydrogen) atoms. The zero-order chi connectivity index (χ0) is 21.0. The molecule has 2 aromatic rings. The summed E-state index contributed by atoms with van der Waals surface area (Å²) in [6.07, 6.45) is 1.15. The van der Waals surface area contributed by atoms with Gasteiger partial charge in [0.05, 0.1) is 16.5 Å². The van der Waals surface area contributed by atoms with Crippen LogP contribution >= 0.6 is 0 Å². The first-order chi connectivity index (χ1) is 13.8. The first kappa shape index (κ1) is 21.0. The topological polar surface area (TPSA) is 78.5 Å². The number of nitrogens with zero attached hydrogens (tertiary/aromatic N) is 1. The second-order valence-corrected chi connectivity index (χ2v) is 9.03. The fourth-order valence-electron chi connectivity index (χ4n) is 3.25. The predicted molar refractivity (Wildman–Crippen MR) is 109 cm³/mol. The summed E-state index contributed by atoms with van der Waals surface area (Å²) in [5.74, 6) is -1.32. The molecule has 3 rings (SSSR count). The Hall–Kier alpha value is -2.71. The molecule has 1 saturated heterocycles. The van der Waals surface area contributed by atoms with Crippen molar-refractivity contribution in [2.45, 2.75) is 24.7 Å². The summed E-state index contributed by atoms with van der Waals surface area (Å²) in [5.41, 5.74) is 6.59. The van der Waals surface area contributed by atoms with Gasteiger partial charge in [0.2, 0.25) is 15.9 Å². The molecule has 0 spiro atoms. The van der Waals surface area contributed by atoms with Crippen molar-refractivity contribution in [1.82, 2.24) is 15.2 Å². The Morgan fingerprint density at radius 2 is 1.83 bits per heavy atom. The Bertz CT molecular complexity index is 1010. The lowest BCUT2D eigenvalue weighted by atomic mass is 9.99. The molecule has 6 nitrogen and oxygen atoms in total. The van der Waals surface area contributed by atoms with Crippen molar-refractivity contribution in [3.05, 3.63) is 72.1 Å². The molecular formula is C21H24FN3O3S. The van der Waals surface area contributed by atoms with Crippen LogP contribution in [0.2, 0.25) is 0 Å². The zero-order valence-electron chi connectivity index (χ0n) is 16.2. The average molecular weight is 418 g/mol. The van der Waals surface area contributed by atoms with Crippen molar-refractivity contribution in [2.75, 3.05) is 13.1 Å². The minimum Gasteiger partial charge on any atom is -0.298 e. The molecule has 0 unspecified atom stereocenters. The van der Waals surface area contributed by atoms with E-state index in [0.29, 0.717) is 19.4 Å². The molecule has 0 aromatic heterocycles. The van der Waals surface area contributed by atoms with E-state index in [1.165, 1.54) is 10.4 Å². The Balaban J connectivity index is 1.63. The number of nitrogens with one attached hydrogen (secondary N) is 2. The number of aryl methyl sites for hydroxylation is 1. The van der Waals surface area contributed by atoms with Gasteiger partial charge in [0.15, 0.2) is 0 Å². The van der Waals surface area contributed by atoms with Crippen molar-refractivity contribution in [3.8, 4) is 0 Å². The summed E-state index contributed by atoms with van der Waals surface area (Å²) in [6, 6.07) is 12.7. The van der Waals surface area contributed by atoms with Gasteiger partial charge >= 0.3 is 0 Å². The van der Waals surface area contributed by atoms with Crippen molar-refractivity contribution in [1.29, 1.82) is 0 Å². The van der Waals surface area contributed by atoms with Crippen LogP contribution in [0.15, 0.2) is 60.0 Å². The highest BCUT2D eigenvalue weighted by molar-refractivity contribution is 7.89. The fraction of sp³-hybridized carbons (Fsp3) is 0.286. The van der Waals surface area contributed by atoms with E-state index in [1.807, 2.05) is 6.92 Å². The van der Waals surface area contributed by atoms with Crippen LogP contribution in [0.4, 0.5) is 4.39 Å². The first-order valence-corrected chi connectivity index (χ1v) is 10.8. The maximum Gasteiger partial charge on any atom is 0.243 e. The molecule has 2 aromatic carbocycles. The van der Waals surface area contributed by atoms with Crippen molar-refractivity contribution in [2.24, 2.45) is 5.92 Å². The highest BCUT2D eigenvalue weighted by Gasteiger charge is 2.33. The number of halogens is 1. The van der Waals surface area contributed by atoms with Crippen LogP contribution in [0.5, 0.6) is 0 Å². The van der Waals surface area contributed by atoms with Gasteiger partial charge in [-0.15, -0.1) is 0 Å². The molecule has 1 aliphatic rings. The molecule has 0 saturated carbocycles. The van der Waals surface area contributed by atoms with Crippen LogP contribution in [0.3, 0.4) is 0 Å². The monoisotopic (exact) mass is 417 g/mol. The smallest absolute Gasteiger partial charge is 0.243 e. The molecule has 0 bridgehead atoms. The number of piperidine rings is 1. The molecule has 0 aliphatic carbocycles.